The van der Waals surface area contributed by atoms with Crippen molar-refractivity contribution in [1.82, 2.24) is 0 Å². The smallest absolute Gasteiger partial charge is 0.0693 e. The van der Waals surface area contributed by atoms with Crippen molar-refractivity contribution >= 4 is 0 Å². The molecule has 1 fully saturated rings. The van der Waals surface area contributed by atoms with Crippen molar-refractivity contribution in [2.24, 2.45) is 5.73 Å². The molecule has 0 aromatic heterocycles. The van der Waals surface area contributed by atoms with Gasteiger partial charge in [-0.1, -0.05) is 29.3 Å². The van der Waals surface area contributed by atoms with E-state index in [0.29, 0.717) is 0 Å². The maximum atomic E-state index is 6.30. The molecule has 1 aliphatic carbocycles. The summed E-state index contributed by atoms with van der Waals surface area (Å²) in [6, 6.07) is 6.89. The van der Waals surface area contributed by atoms with Crippen molar-refractivity contribution in [2.45, 2.75) is 57.6 Å². The van der Waals surface area contributed by atoms with Gasteiger partial charge in [-0.25, -0.2) is 0 Å². The molecular formula is C16H25NO. The lowest BCUT2D eigenvalue weighted by molar-refractivity contribution is -0.0813. The summed E-state index contributed by atoms with van der Waals surface area (Å²) in [5.41, 5.74) is 10.4. The summed E-state index contributed by atoms with van der Waals surface area (Å²) in [6.45, 7) is 4.29. The van der Waals surface area contributed by atoms with Gasteiger partial charge in [-0.2, -0.15) is 0 Å². The molecule has 100 valence electrons. The van der Waals surface area contributed by atoms with E-state index in [0.717, 1.165) is 12.8 Å². The zero-order chi connectivity index (χ0) is 13.2. The summed E-state index contributed by atoms with van der Waals surface area (Å²) >= 11 is 0. The Bertz CT molecular complexity index is 384. The average molecular weight is 247 g/mol. The van der Waals surface area contributed by atoms with E-state index in [1.54, 1.807) is 0 Å². The normalized spacial score (nSPS) is 19.3. The first-order valence-electron chi connectivity index (χ1n) is 6.91. The molecular weight excluding hydrogens is 222 g/mol. The monoisotopic (exact) mass is 247 g/mol. The molecule has 1 atom stereocenters. The number of nitrogens with two attached hydrogens (primary N) is 1. The number of rotatable bonds is 5. The molecule has 1 unspecified atom stereocenters. The highest BCUT2D eigenvalue weighted by atomic mass is 16.5. The standard InChI is InChI=1S/C16H25NO/c1-12-7-13(2)9-14(8-12)10-15(17)11-16(18-3)5-4-6-16/h7-9,15H,4-6,10-11,17H2,1-3H3. The largest absolute Gasteiger partial charge is 0.378 e. The van der Waals surface area contributed by atoms with E-state index in [1.165, 1.54) is 36.0 Å². The van der Waals surface area contributed by atoms with Crippen LogP contribution in [-0.2, 0) is 11.2 Å². The quantitative estimate of drug-likeness (QED) is 0.867. The number of hydrogen-bond acceptors (Lipinski definition) is 2. The van der Waals surface area contributed by atoms with Crippen LogP contribution in [0.25, 0.3) is 0 Å². The lowest BCUT2D eigenvalue weighted by Crippen LogP contribution is -2.45. The molecule has 0 saturated heterocycles. The number of aryl methyl sites for hydroxylation is 2. The molecule has 1 saturated carbocycles. The second-order valence-electron chi connectivity index (χ2n) is 5.90. The molecule has 2 rings (SSSR count). The fourth-order valence-electron chi connectivity index (χ4n) is 3.10. The molecule has 0 amide bonds. The van der Waals surface area contributed by atoms with E-state index in [2.05, 4.69) is 32.0 Å². The summed E-state index contributed by atoms with van der Waals surface area (Å²) in [5.74, 6) is 0. The molecule has 0 aliphatic heterocycles. The van der Waals surface area contributed by atoms with Gasteiger partial charge in [-0.3, -0.25) is 0 Å². The third-order valence-electron chi connectivity index (χ3n) is 4.11. The first-order valence-corrected chi connectivity index (χ1v) is 6.91. The zero-order valence-corrected chi connectivity index (χ0v) is 11.8. The number of benzene rings is 1. The third kappa shape index (κ3) is 3.12. The van der Waals surface area contributed by atoms with Gasteiger partial charge in [0.2, 0.25) is 0 Å². The zero-order valence-electron chi connectivity index (χ0n) is 11.8. The van der Waals surface area contributed by atoms with E-state index in [-0.39, 0.29) is 11.6 Å². The molecule has 0 bridgehead atoms. The first kappa shape index (κ1) is 13.6. The third-order valence-corrected chi connectivity index (χ3v) is 4.11. The number of hydrogen-bond donors (Lipinski definition) is 1. The predicted octanol–water partition coefficient (Wildman–Crippen LogP) is 3.13. The number of methoxy groups -OCH3 is 1. The molecule has 2 heteroatoms. The van der Waals surface area contributed by atoms with E-state index in [1.807, 2.05) is 7.11 Å². The van der Waals surface area contributed by atoms with Crippen LogP contribution in [0.1, 0.15) is 42.4 Å². The van der Waals surface area contributed by atoms with Crippen LogP contribution in [0.15, 0.2) is 18.2 Å². The fraction of sp³-hybridized carbons (Fsp3) is 0.625. The minimum absolute atomic E-state index is 0.0816. The van der Waals surface area contributed by atoms with Gasteiger partial charge in [0.25, 0.3) is 0 Å². The minimum Gasteiger partial charge on any atom is -0.378 e. The van der Waals surface area contributed by atoms with Crippen LogP contribution in [0.3, 0.4) is 0 Å². The van der Waals surface area contributed by atoms with Gasteiger partial charge in [0.1, 0.15) is 0 Å². The Morgan fingerprint density at radius 1 is 1.22 bits per heavy atom. The highest BCUT2D eigenvalue weighted by Crippen LogP contribution is 2.38. The Kier molecular flexibility index (Phi) is 4.08. The Morgan fingerprint density at radius 3 is 2.28 bits per heavy atom. The molecule has 2 N–H and O–H groups in total. The van der Waals surface area contributed by atoms with Crippen LogP contribution < -0.4 is 5.73 Å². The molecule has 0 radical (unpaired) electrons. The first-order chi connectivity index (χ1) is 8.53. The van der Waals surface area contributed by atoms with Gasteiger partial charge >= 0.3 is 0 Å². The van der Waals surface area contributed by atoms with E-state index in [9.17, 15) is 0 Å². The van der Waals surface area contributed by atoms with E-state index >= 15 is 0 Å². The average Bonchev–Trinajstić information content (AvgIpc) is 2.21. The SMILES string of the molecule is COC1(CC(N)Cc2cc(C)cc(C)c2)CCC1. The summed E-state index contributed by atoms with van der Waals surface area (Å²) in [6.07, 6.45) is 5.56. The van der Waals surface area contributed by atoms with E-state index in [4.69, 9.17) is 10.5 Å². The summed E-state index contributed by atoms with van der Waals surface area (Å²) in [5, 5.41) is 0. The van der Waals surface area contributed by atoms with Crippen LogP contribution in [0.2, 0.25) is 0 Å². The molecule has 2 nitrogen and oxygen atoms in total. The van der Waals surface area contributed by atoms with Crippen LogP contribution in [0.4, 0.5) is 0 Å². The Hall–Kier alpha value is -0.860. The fourth-order valence-corrected chi connectivity index (χ4v) is 3.10. The Labute approximate surface area is 111 Å². The van der Waals surface area contributed by atoms with Crippen LogP contribution in [0.5, 0.6) is 0 Å². The molecule has 0 spiro atoms. The van der Waals surface area contributed by atoms with Gasteiger partial charge < -0.3 is 10.5 Å². The summed E-state index contributed by atoms with van der Waals surface area (Å²) < 4.78 is 5.65. The van der Waals surface area contributed by atoms with Crippen molar-refractivity contribution in [3.63, 3.8) is 0 Å². The van der Waals surface area contributed by atoms with Gasteiger partial charge in [-0.05, 0) is 51.5 Å². The lowest BCUT2D eigenvalue weighted by atomic mass is 9.75. The van der Waals surface area contributed by atoms with Gasteiger partial charge in [-0.15, -0.1) is 0 Å². The second-order valence-corrected chi connectivity index (χ2v) is 5.90. The van der Waals surface area contributed by atoms with Crippen molar-refractivity contribution in [3.8, 4) is 0 Å². The summed E-state index contributed by atoms with van der Waals surface area (Å²) in [4.78, 5) is 0. The van der Waals surface area contributed by atoms with Crippen molar-refractivity contribution in [3.05, 3.63) is 34.9 Å². The van der Waals surface area contributed by atoms with Crippen LogP contribution in [0, 0.1) is 13.8 Å². The summed E-state index contributed by atoms with van der Waals surface area (Å²) in [7, 11) is 1.82. The van der Waals surface area contributed by atoms with E-state index < -0.39 is 0 Å². The highest BCUT2D eigenvalue weighted by molar-refractivity contribution is 5.29. The maximum absolute atomic E-state index is 6.30. The molecule has 1 aromatic carbocycles. The van der Waals surface area contributed by atoms with Gasteiger partial charge in [0.05, 0.1) is 5.60 Å². The molecule has 1 aromatic rings. The van der Waals surface area contributed by atoms with Gasteiger partial charge in [0, 0.05) is 13.2 Å². The Balaban J connectivity index is 1.96. The minimum atomic E-state index is 0.0816. The van der Waals surface area contributed by atoms with Crippen molar-refractivity contribution in [2.75, 3.05) is 7.11 Å². The molecule has 0 heterocycles. The molecule has 18 heavy (non-hydrogen) atoms. The maximum Gasteiger partial charge on any atom is 0.0693 e. The predicted molar refractivity (Wildman–Crippen MR) is 75.8 cm³/mol. The van der Waals surface area contributed by atoms with Crippen LogP contribution >= 0.6 is 0 Å². The van der Waals surface area contributed by atoms with Crippen molar-refractivity contribution < 1.29 is 4.74 Å². The lowest BCUT2D eigenvalue weighted by Gasteiger charge is -2.42. The number of ether oxygens (including phenoxy) is 1. The van der Waals surface area contributed by atoms with Gasteiger partial charge in [0.15, 0.2) is 0 Å². The van der Waals surface area contributed by atoms with Crippen LogP contribution in [-0.4, -0.2) is 18.8 Å². The molecule has 1 aliphatic rings. The highest BCUT2D eigenvalue weighted by Gasteiger charge is 2.38. The van der Waals surface area contributed by atoms with Crippen molar-refractivity contribution in [1.29, 1.82) is 0 Å². The Morgan fingerprint density at radius 2 is 1.83 bits per heavy atom. The second kappa shape index (κ2) is 5.41. The topological polar surface area (TPSA) is 35.2 Å².